The molecule has 1 N–H and O–H groups in total. The molecule has 0 atom stereocenters. The van der Waals surface area contributed by atoms with Crippen molar-refractivity contribution in [3.63, 3.8) is 0 Å². The first-order valence-electron chi connectivity index (χ1n) is 8.99. The number of piperazine rings is 1. The van der Waals surface area contributed by atoms with Crippen LogP contribution in [0.25, 0.3) is 0 Å². The number of hydrogen-bond donors (Lipinski definition) is 1. The van der Waals surface area contributed by atoms with E-state index in [0.717, 1.165) is 19.5 Å². The Hall–Kier alpha value is -2.15. The molecule has 1 amide bonds. The predicted octanol–water partition coefficient (Wildman–Crippen LogP) is 2.18. The Morgan fingerprint density at radius 2 is 1.73 bits per heavy atom. The molecule has 1 aliphatic rings. The van der Waals surface area contributed by atoms with Gasteiger partial charge < -0.3 is 29.2 Å². The summed E-state index contributed by atoms with van der Waals surface area (Å²) in [4.78, 5) is 14.9. The molecule has 7 heteroatoms. The van der Waals surface area contributed by atoms with Crippen LogP contribution in [0.15, 0.2) is 6.07 Å². The van der Waals surface area contributed by atoms with Crippen LogP contribution in [0.1, 0.15) is 30.6 Å². The van der Waals surface area contributed by atoms with Gasteiger partial charge in [-0.25, -0.2) is 0 Å². The van der Waals surface area contributed by atoms with E-state index in [1.165, 1.54) is 21.3 Å². The zero-order valence-corrected chi connectivity index (χ0v) is 16.4. The van der Waals surface area contributed by atoms with E-state index in [-0.39, 0.29) is 5.91 Å². The number of benzene rings is 1. The average molecular weight is 366 g/mol. The van der Waals surface area contributed by atoms with Gasteiger partial charge in [0.1, 0.15) is 0 Å². The lowest BCUT2D eigenvalue weighted by Gasteiger charge is -2.29. The van der Waals surface area contributed by atoms with Crippen molar-refractivity contribution in [2.75, 3.05) is 54.1 Å². The minimum Gasteiger partial charge on any atom is -0.493 e. The van der Waals surface area contributed by atoms with Crippen LogP contribution in [-0.4, -0.2) is 64.9 Å². The highest BCUT2D eigenvalue weighted by atomic mass is 16.5. The summed E-state index contributed by atoms with van der Waals surface area (Å²) in [5.74, 6) is 2.06. The lowest BCUT2D eigenvalue weighted by atomic mass is 10.1. The fourth-order valence-electron chi connectivity index (χ4n) is 2.87. The molecule has 26 heavy (non-hydrogen) atoms. The van der Waals surface area contributed by atoms with Crippen LogP contribution in [0.4, 0.5) is 0 Å². The second kappa shape index (κ2) is 9.52. The number of rotatable bonds is 8. The summed E-state index contributed by atoms with van der Waals surface area (Å²) in [5, 5.41) is 3.25. The fourth-order valence-corrected chi connectivity index (χ4v) is 2.87. The van der Waals surface area contributed by atoms with Crippen LogP contribution in [-0.2, 0) is 0 Å². The van der Waals surface area contributed by atoms with Gasteiger partial charge in [0.2, 0.25) is 11.5 Å². The number of carbonyl (C=O) groups is 1. The minimum absolute atomic E-state index is 0.0923. The molecule has 1 fully saturated rings. The van der Waals surface area contributed by atoms with Crippen LogP contribution < -0.4 is 24.3 Å². The molecule has 0 radical (unpaired) electrons. The van der Waals surface area contributed by atoms with Crippen LogP contribution in [0.5, 0.6) is 23.0 Å². The second-order valence-corrected chi connectivity index (χ2v) is 6.60. The van der Waals surface area contributed by atoms with Gasteiger partial charge in [0.25, 0.3) is 5.91 Å². The Balaban J connectivity index is 2.46. The molecule has 0 unspecified atom stereocenters. The lowest BCUT2D eigenvalue weighted by molar-refractivity contribution is 0.0729. The molecule has 0 aromatic heterocycles. The Kier molecular flexibility index (Phi) is 7.38. The van der Waals surface area contributed by atoms with Gasteiger partial charge in [-0.3, -0.25) is 4.79 Å². The van der Waals surface area contributed by atoms with Gasteiger partial charge in [-0.2, -0.15) is 0 Å². The monoisotopic (exact) mass is 366 g/mol. The summed E-state index contributed by atoms with van der Waals surface area (Å²) >= 11 is 0. The summed E-state index contributed by atoms with van der Waals surface area (Å²) in [7, 11) is 4.61. The number of amides is 1. The number of hydrogen-bond acceptors (Lipinski definition) is 6. The van der Waals surface area contributed by atoms with Crippen molar-refractivity contribution in [3.05, 3.63) is 11.6 Å². The standard InChI is InChI=1S/C19H30N2O5/c1-13(2)6-11-26-16-14(19(22)21-9-7-20-8-10-21)12-15(23-3)17(24-4)18(16)25-5/h12-13,20H,6-11H2,1-5H3. The van der Waals surface area contributed by atoms with E-state index in [0.29, 0.717) is 54.2 Å². The molecular formula is C19H30N2O5. The third-order valence-corrected chi connectivity index (χ3v) is 4.36. The highest BCUT2D eigenvalue weighted by Crippen LogP contribution is 2.47. The van der Waals surface area contributed by atoms with Crippen molar-refractivity contribution in [1.29, 1.82) is 0 Å². The van der Waals surface area contributed by atoms with Crippen LogP contribution >= 0.6 is 0 Å². The zero-order chi connectivity index (χ0) is 19.1. The molecule has 7 nitrogen and oxygen atoms in total. The van der Waals surface area contributed by atoms with Crippen molar-refractivity contribution in [2.45, 2.75) is 20.3 Å². The molecule has 0 spiro atoms. The third kappa shape index (κ3) is 4.52. The number of ether oxygens (including phenoxy) is 4. The Bertz CT molecular complexity index is 612. The maximum Gasteiger partial charge on any atom is 0.258 e. The van der Waals surface area contributed by atoms with E-state index in [4.69, 9.17) is 18.9 Å². The van der Waals surface area contributed by atoms with Gasteiger partial charge in [-0.1, -0.05) is 13.8 Å². The Morgan fingerprint density at radius 1 is 1.08 bits per heavy atom. The molecule has 0 saturated carbocycles. The first-order chi connectivity index (χ1) is 12.5. The van der Waals surface area contributed by atoms with Gasteiger partial charge >= 0.3 is 0 Å². The van der Waals surface area contributed by atoms with Crippen LogP contribution in [0.3, 0.4) is 0 Å². The molecule has 146 valence electrons. The molecular weight excluding hydrogens is 336 g/mol. The summed E-state index contributed by atoms with van der Waals surface area (Å²) in [6.45, 7) is 7.61. The first kappa shape index (κ1) is 20.2. The number of nitrogens with one attached hydrogen (secondary N) is 1. The smallest absolute Gasteiger partial charge is 0.258 e. The molecule has 0 aliphatic carbocycles. The van der Waals surface area contributed by atoms with Gasteiger partial charge in [0, 0.05) is 32.2 Å². The second-order valence-electron chi connectivity index (χ2n) is 6.60. The molecule has 1 aromatic carbocycles. The molecule has 2 rings (SSSR count). The normalized spacial score (nSPS) is 14.3. The molecule has 1 saturated heterocycles. The van der Waals surface area contributed by atoms with Gasteiger partial charge in [0.05, 0.1) is 33.5 Å². The van der Waals surface area contributed by atoms with E-state index >= 15 is 0 Å². The molecule has 1 aromatic rings. The van der Waals surface area contributed by atoms with E-state index in [9.17, 15) is 4.79 Å². The Morgan fingerprint density at radius 3 is 2.27 bits per heavy atom. The van der Waals surface area contributed by atoms with E-state index in [1.807, 2.05) is 4.90 Å². The number of methoxy groups -OCH3 is 3. The molecule has 1 heterocycles. The largest absolute Gasteiger partial charge is 0.493 e. The topological polar surface area (TPSA) is 69.3 Å². The minimum atomic E-state index is -0.0923. The van der Waals surface area contributed by atoms with Crippen molar-refractivity contribution in [3.8, 4) is 23.0 Å². The molecule has 0 bridgehead atoms. The number of carbonyl (C=O) groups excluding carboxylic acids is 1. The van der Waals surface area contributed by atoms with E-state index in [1.54, 1.807) is 6.07 Å². The highest BCUT2D eigenvalue weighted by Gasteiger charge is 2.29. The zero-order valence-electron chi connectivity index (χ0n) is 16.4. The van der Waals surface area contributed by atoms with Crippen molar-refractivity contribution in [1.82, 2.24) is 10.2 Å². The highest BCUT2D eigenvalue weighted by molar-refractivity contribution is 5.99. The third-order valence-electron chi connectivity index (χ3n) is 4.36. The van der Waals surface area contributed by atoms with E-state index in [2.05, 4.69) is 19.2 Å². The van der Waals surface area contributed by atoms with Crippen LogP contribution in [0, 0.1) is 5.92 Å². The SMILES string of the molecule is COc1cc(C(=O)N2CCNCC2)c(OCCC(C)C)c(OC)c1OC. The van der Waals surface area contributed by atoms with Crippen molar-refractivity contribution in [2.24, 2.45) is 5.92 Å². The van der Waals surface area contributed by atoms with Crippen molar-refractivity contribution < 1.29 is 23.7 Å². The molecule has 1 aliphatic heterocycles. The van der Waals surface area contributed by atoms with E-state index < -0.39 is 0 Å². The average Bonchev–Trinajstić information content (AvgIpc) is 2.66. The predicted molar refractivity (Wildman–Crippen MR) is 99.8 cm³/mol. The first-order valence-corrected chi connectivity index (χ1v) is 8.99. The maximum absolute atomic E-state index is 13.1. The number of nitrogens with zero attached hydrogens (tertiary/aromatic N) is 1. The fraction of sp³-hybridized carbons (Fsp3) is 0.632. The quantitative estimate of drug-likeness (QED) is 0.761. The summed E-state index contributed by atoms with van der Waals surface area (Å²) in [6.07, 6.45) is 0.874. The van der Waals surface area contributed by atoms with Gasteiger partial charge in [0.15, 0.2) is 11.5 Å². The summed E-state index contributed by atoms with van der Waals surface area (Å²) in [5.41, 5.74) is 0.435. The van der Waals surface area contributed by atoms with Gasteiger partial charge in [-0.05, 0) is 12.3 Å². The summed E-state index contributed by atoms with van der Waals surface area (Å²) in [6, 6.07) is 1.68. The van der Waals surface area contributed by atoms with Gasteiger partial charge in [-0.15, -0.1) is 0 Å². The lowest BCUT2D eigenvalue weighted by Crippen LogP contribution is -2.46. The van der Waals surface area contributed by atoms with Crippen LogP contribution in [0.2, 0.25) is 0 Å². The summed E-state index contributed by atoms with van der Waals surface area (Å²) < 4.78 is 22.4. The Labute approximate surface area is 155 Å². The maximum atomic E-state index is 13.1. The van der Waals surface area contributed by atoms with Crippen molar-refractivity contribution >= 4 is 5.91 Å².